The number of hydrogen-bond acceptors (Lipinski definition) is 6. The fourth-order valence-corrected chi connectivity index (χ4v) is 4.67. The molecule has 4 aromatic rings. The minimum atomic E-state index is -0.780. The van der Waals surface area contributed by atoms with Crippen molar-refractivity contribution in [2.45, 2.75) is 20.4 Å². The van der Waals surface area contributed by atoms with Crippen molar-refractivity contribution in [2.75, 3.05) is 25.7 Å². The van der Waals surface area contributed by atoms with Crippen LogP contribution < -0.4 is 14.4 Å². The van der Waals surface area contributed by atoms with Crippen LogP contribution in [0.4, 0.5) is 13.9 Å². The zero-order valence-corrected chi connectivity index (χ0v) is 19.4. The summed E-state index contributed by atoms with van der Waals surface area (Å²) in [6.45, 7) is 4.39. The lowest BCUT2D eigenvalue weighted by atomic mass is 10.1. The normalized spacial score (nSPS) is 11.1. The first-order chi connectivity index (χ1) is 15.8. The highest BCUT2D eigenvalue weighted by atomic mass is 32.1. The van der Waals surface area contributed by atoms with Crippen LogP contribution in [0.3, 0.4) is 0 Å². The van der Waals surface area contributed by atoms with Crippen LogP contribution >= 0.6 is 11.3 Å². The number of hydrogen-bond donors (Lipinski definition) is 0. The van der Waals surface area contributed by atoms with E-state index in [-0.39, 0.29) is 28.5 Å². The number of anilines is 1. The van der Waals surface area contributed by atoms with Crippen molar-refractivity contribution < 1.29 is 23.0 Å². The van der Waals surface area contributed by atoms with Crippen molar-refractivity contribution >= 4 is 32.6 Å². The molecule has 0 bridgehead atoms. The summed E-state index contributed by atoms with van der Waals surface area (Å²) in [4.78, 5) is 19.4. The lowest BCUT2D eigenvalue weighted by molar-refractivity contribution is 0.0982. The summed E-state index contributed by atoms with van der Waals surface area (Å²) in [5, 5.41) is 4.69. The number of benzene rings is 2. The molecule has 0 N–H and O–H groups in total. The van der Waals surface area contributed by atoms with Crippen molar-refractivity contribution in [1.29, 1.82) is 0 Å². The predicted octanol–water partition coefficient (Wildman–Crippen LogP) is 4.75. The van der Waals surface area contributed by atoms with Crippen molar-refractivity contribution in [1.82, 2.24) is 14.8 Å². The molecule has 10 heteroatoms. The maximum Gasteiger partial charge on any atom is 0.264 e. The molecule has 0 radical (unpaired) electrons. The topological polar surface area (TPSA) is 69.5 Å². The molecule has 0 fully saturated rings. The maximum atomic E-state index is 14.3. The Labute approximate surface area is 193 Å². The molecule has 2 aromatic carbocycles. The smallest absolute Gasteiger partial charge is 0.264 e. The number of amides is 1. The number of fused-ring (bicyclic) bond motifs is 1. The largest absolute Gasteiger partial charge is 0.493 e. The Balaban J connectivity index is 1.78. The summed E-state index contributed by atoms with van der Waals surface area (Å²) in [5.41, 5.74) is 2.07. The van der Waals surface area contributed by atoms with Crippen LogP contribution in [0.25, 0.3) is 10.2 Å². The zero-order valence-electron chi connectivity index (χ0n) is 18.6. The van der Waals surface area contributed by atoms with E-state index in [9.17, 15) is 13.6 Å². The van der Waals surface area contributed by atoms with Crippen molar-refractivity contribution in [3.63, 3.8) is 0 Å². The van der Waals surface area contributed by atoms with Crippen LogP contribution in [-0.2, 0) is 6.54 Å². The number of thiazole rings is 1. The van der Waals surface area contributed by atoms with Gasteiger partial charge in [0.15, 0.2) is 22.4 Å². The summed E-state index contributed by atoms with van der Waals surface area (Å²) in [6, 6.07) is 8.90. The fourth-order valence-electron chi connectivity index (χ4n) is 3.64. The van der Waals surface area contributed by atoms with E-state index in [0.29, 0.717) is 17.0 Å². The van der Waals surface area contributed by atoms with Gasteiger partial charge in [0.05, 0.1) is 36.7 Å². The number of para-hydroxylation sites is 1. The van der Waals surface area contributed by atoms with E-state index >= 15 is 0 Å². The molecule has 1 amide bonds. The first kappa shape index (κ1) is 22.7. The van der Waals surface area contributed by atoms with Gasteiger partial charge in [-0.2, -0.15) is 5.10 Å². The first-order valence-electron chi connectivity index (χ1n) is 10.1. The third-order valence-electron chi connectivity index (χ3n) is 5.15. The summed E-state index contributed by atoms with van der Waals surface area (Å²) >= 11 is 1.04. The van der Waals surface area contributed by atoms with E-state index in [2.05, 4.69) is 10.1 Å². The molecular weight excluding hydrogens is 450 g/mol. The van der Waals surface area contributed by atoms with E-state index in [0.717, 1.165) is 28.8 Å². The van der Waals surface area contributed by atoms with Crippen LogP contribution in [0.15, 0.2) is 36.4 Å². The van der Waals surface area contributed by atoms with E-state index in [1.807, 2.05) is 19.9 Å². The van der Waals surface area contributed by atoms with Gasteiger partial charge < -0.3 is 9.47 Å². The number of methoxy groups -OCH3 is 2. The van der Waals surface area contributed by atoms with E-state index < -0.39 is 17.5 Å². The molecule has 2 aromatic heterocycles. The van der Waals surface area contributed by atoms with Crippen molar-refractivity contribution in [3.05, 3.63) is 65.0 Å². The number of ether oxygens (including phenoxy) is 2. The third kappa shape index (κ3) is 4.38. The zero-order chi connectivity index (χ0) is 23.7. The van der Waals surface area contributed by atoms with E-state index in [1.54, 1.807) is 22.9 Å². The van der Waals surface area contributed by atoms with Gasteiger partial charge in [-0.1, -0.05) is 17.4 Å². The Bertz CT molecular complexity index is 1330. The number of aryl methyl sites for hydroxylation is 2. The molecule has 172 valence electrons. The summed E-state index contributed by atoms with van der Waals surface area (Å²) < 4.78 is 40.9. The van der Waals surface area contributed by atoms with E-state index in [1.165, 1.54) is 25.2 Å². The average Bonchev–Trinajstić information content (AvgIpc) is 3.35. The van der Waals surface area contributed by atoms with Gasteiger partial charge in [0.1, 0.15) is 11.3 Å². The Morgan fingerprint density at radius 3 is 2.61 bits per heavy atom. The predicted molar refractivity (Wildman–Crippen MR) is 122 cm³/mol. The van der Waals surface area contributed by atoms with Crippen molar-refractivity contribution in [3.8, 4) is 11.5 Å². The second-order valence-corrected chi connectivity index (χ2v) is 8.39. The molecular formula is C23H22F2N4O3S. The molecule has 0 aliphatic carbocycles. The highest BCUT2D eigenvalue weighted by molar-refractivity contribution is 7.22. The number of rotatable bonds is 7. The first-order valence-corrected chi connectivity index (χ1v) is 10.9. The molecule has 0 atom stereocenters. The van der Waals surface area contributed by atoms with Crippen LogP contribution in [0.1, 0.15) is 21.7 Å². The second kappa shape index (κ2) is 9.14. The number of carbonyl (C=O) groups excluding carboxylic acids is 1. The SMILES string of the molecule is COc1cccc(C(=O)N(CCn2nc(C)cc2C)c2nc3c(F)cc(F)cc3s2)c1OC. The molecule has 7 nitrogen and oxygen atoms in total. The lowest BCUT2D eigenvalue weighted by Gasteiger charge is -2.22. The lowest BCUT2D eigenvalue weighted by Crippen LogP contribution is -2.34. The van der Waals surface area contributed by atoms with Crippen LogP contribution in [-0.4, -0.2) is 41.4 Å². The average molecular weight is 473 g/mol. The summed E-state index contributed by atoms with van der Waals surface area (Å²) in [5.74, 6) is -1.21. The molecule has 0 aliphatic heterocycles. The Hall–Kier alpha value is -3.53. The molecule has 0 unspecified atom stereocenters. The molecule has 4 rings (SSSR count). The highest BCUT2D eigenvalue weighted by Crippen LogP contribution is 2.35. The van der Waals surface area contributed by atoms with Gasteiger partial charge in [-0.25, -0.2) is 13.8 Å². The quantitative estimate of drug-likeness (QED) is 0.388. The number of aromatic nitrogens is 3. The molecule has 0 saturated heterocycles. The van der Waals surface area contributed by atoms with Gasteiger partial charge in [-0.15, -0.1) is 0 Å². The van der Waals surface area contributed by atoms with Crippen LogP contribution in [0, 0.1) is 25.5 Å². The Kier molecular flexibility index (Phi) is 6.28. The highest BCUT2D eigenvalue weighted by Gasteiger charge is 2.26. The van der Waals surface area contributed by atoms with Gasteiger partial charge in [0.2, 0.25) is 0 Å². The van der Waals surface area contributed by atoms with Gasteiger partial charge >= 0.3 is 0 Å². The van der Waals surface area contributed by atoms with Gasteiger partial charge in [0.25, 0.3) is 5.91 Å². The van der Waals surface area contributed by atoms with Crippen LogP contribution in [0.5, 0.6) is 11.5 Å². The minimum absolute atomic E-state index is 0.0120. The summed E-state index contributed by atoms with van der Waals surface area (Å²) in [6.07, 6.45) is 0. The van der Waals surface area contributed by atoms with Crippen molar-refractivity contribution in [2.24, 2.45) is 0 Å². The maximum absolute atomic E-state index is 14.3. The molecule has 2 heterocycles. The van der Waals surface area contributed by atoms with Gasteiger partial charge in [-0.3, -0.25) is 14.4 Å². The van der Waals surface area contributed by atoms with Gasteiger partial charge in [0, 0.05) is 18.3 Å². The number of halogens is 2. The second-order valence-electron chi connectivity index (χ2n) is 7.38. The Morgan fingerprint density at radius 2 is 1.94 bits per heavy atom. The molecule has 33 heavy (non-hydrogen) atoms. The van der Waals surface area contributed by atoms with Crippen LogP contribution in [0.2, 0.25) is 0 Å². The minimum Gasteiger partial charge on any atom is -0.493 e. The number of carbonyl (C=O) groups is 1. The van der Waals surface area contributed by atoms with Gasteiger partial charge in [-0.05, 0) is 38.1 Å². The number of nitrogens with zero attached hydrogens (tertiary/aromatic N) is 4. The third-order valence-corrected chi connectivity index (χ3v) is 6.18. The molecule has 0 spiro atoms. The Morgan fingerprint density at radius 1 is 1.15 bits per heavy atom. The standard InChI is InChI=1S/C23H22F2N4O3S/c1-13-10-14(2)29(27-13)9-8-28(22(30)16-6-5-7-18(31-3)21(16)32-4)23-26-20-17(25)11-15(24)12-19(20)33-23/h5-7,10-12H,8-9H2,1-4H3. The molecule has 0 aliphatic rings. The monoisotopic (exact) mass is 472 g/mol. The fraction of sp³-hybridized carbons (Fsp3) is 0.261. The molecule has 0 saturated carbocycles. The summed E-state index contributed by atoms with van der Waals surface area (Å²) in [7, 11) is 2.93. The van der Waals surface area contributed by atoms with E-state index in [4.69, 9.17) is 9.47 Å².